The molecule has 1 N–H and O–H groups in total. The van der Waals surface area contributed by atoms with Crippen LogP contribution in [-0.2, 0) is 12.0 Å². The molecular weight excluding hydrogens is 272 g/mol. The van der Waals surface area contributed by atoms with Crippen molar-refractivity contribution in [1.29, 1.82) is 0 Å². The number of likely N-dealkylation sites (N-methyl/N-ethyl adjacent to an activating group) is 2. The third-order valence-corrected chi connectivity index (χ3v) is 3.55. The standard InChI is InChI=1S/C16H27ClN2O/c1-16(2,3)14-10-13(17)9-12(15(14)20)11-19(6)8-7-18(4)5/h9-10,20H,7-8,11H2,1-6H3. The molecular formula is C16H27ClN2O. The zero-order valence-corrected chi connectivity index (χ0v) is 14.3. The van der Waals surface area contributed by atoms with Gasteiger partial charge in [-0.1, -0.05) is 32.4 Å². The molecule has 0 saturated carbocycles. The fourth-order valence-electron chi connectivity index (χ4n) is 2.09. The first kappa shape index (κ1) is 17.3. The van der Waals surface area contributed by atoms with Gasteiger partial charge in [0.25, 0.3) is 0 Å². The highest BCUT2D eigenvalue weighted by Crippen LogP contribution is 2.36. The molecule has 0 spiro atoms. The lowest BCUT2D eigenvalue weighted by molar-refractivity contribution is 0.273. The molecule has 1 rings (SSSR count). The Hall–Kier alpha value is -0.770. The Labute approximate surface area is 128 Å². The number of phenolic OH excluding ortho intramolecular Hbond substituents is 1. The Morgan fingerprint density at radius 3 is 2.20 bits per heavy atom. The number of hydrogen-bond acceptors (Lipinski definition) is 3. The van der Waals surface area contributed by atoms with E-state index in [0.29, 0.717) is 17.3 Å². The topological polar surface area (TPSA) is 26.7 Å². The lowest BCUT2D eigenvalue weighted by Gasteiger charge is -2.25. The summed E-state index contributed by atoms with van der Waals surface area (Å²) in [6.07, 6.45) is 0. The quantitative estimate of drug-likeness (QED) is 0.903. The maximum Gasteiger partial charge on any atom is 0.123 e. The van der Waals surface area contributed by atoms with Crippen molar-refractivity contribution in [2.45, 2.75) is 32.7 Å². The van der Waals surface area contributed by atoms with Crippen LogP contribution in [0.1, 0.15) is 31.9 Å². The molecule has 0 amide bonds. The molecule has 0 aliphatic heterocycles. The average Bonchev–Trinajstić information content (AvgIpc) is 2.29. The first-order chi connectivity index (χ1) is 9.11. The van der Waals surface area contributed by atoms with Crippen LogP contribution >= 0.6 is 11.6 Å². The predicted molar refractivity (Wildman–Crippen MR) is 86.7 cm³/mol. The van der Waals surface area contributed by atoms with Gasteiger partial charge in [0, 0.05) is 35.8 Å². The molecule has 0 aliphatic rings. The van der Waals surface area contributed by atoms with E-state index >= 15 is 0 Å². The number of aromatic hydroxyl groups is 1. The highest BCUT2D eigenvalue weighted by molar-refractivity contribution is 6.30. The van der Waals surface area contributed by atoms with Crippen LogP contribution in [0.5, 0.6) is 5.75 Å². The third-order valence-electron chi connectivity index (χ3n) is 3.33. The summed E-state index contributed by atoms with van der Waals surface area (Å²) in [6, 6.07) is 3.72. The maximum absolute atomic E-state index is 10.5. The van der Waals surface area contributed by atoms with E-state index in [-0.39, 0.29) is 5.41 Å². The summed E-state index contributed by atoms with van der Waals surface area (Å²) in [5, 5.41) is 11.2. The molecule has 0 fully saturated rings. The molecule has 0 bridgehead atoms. The van der Waals surface area contributed by atoms with Crippen molar-refractivity contribution in [1.82, 2.24) is 9.80 Å². The van der Waals surface area contributed by atoms with Gasteiger partial charge in [0.1, 0.15) is 5.75 Å². The van der Waals surface area contributed by atoms with Crippen molar-refractivity contribution in [2.24, 2.45) is 0 Å². The molecule has 0 radical (unpaired) electrons. The van der Waals surface area contributed by atoms with Crippen LogP contribution in [0.25, 0.3) is 0 Å². The van der Waals surface area contributed by atoms with Gasteiger partial charge in [-0.15, -0.1) is 0 Å². The summed E-state index contributed by atoms with van der Waals surface area (Å²) in [6.45, 7) is 8.88. The molecule has 0 aliphatic carbocycles. The molecule has 114 valence electrons. The van der Waals surface area contributed by atoms with Gasteiger partial charge in [-0.25, -0.2) is 0 Å². The van der Waals surface area contributed by atoms with Crippen molar-refractivity contribution in [2.75, 3.05) is 34.2 Å². The van der Waals surface area contributed by atoms with Crippen LogP contribution in [0.3, 0.4) is 0 Å². The SMILES string of the molecule is CN(C)CCN(C)Cc1cc(Cl)cc(C(C)(C)C)c1O. The van der Waals surface area contributed by atoms with E-state index in [0.717, 1.165) is 24.2 Å². The van der Waals surface area contributed by atoms with E-state index in [1.54, 1.807) is 0 Å². The second-order valence-electron chi connectivity index (χ2n) is 6.75. The normalized spacial score (nSPS) is 12.4. The second kappa shape index (κ2) is 6.79. The molecule has 0 unspecified atom stereocenters. The number of benzene rings is 1. The van der Waals surface area contributed by atoms with Crippen LogP contribution in [0.15, 0.2) is 12.1 Å². The lowest BCUT2D eigenvalue weighted by atomic mass is 9.85. The van der Waals surface area contributed by atoms with Gasteiger partial charge in [0.15, 0.2) is 0 Å². The van der Waals surface area contributed by atoms with Crippen molar-refractivity contribution in [3.63, 3.8) is 0 Å². The van der Waals surface area contributed by atoms with Gasteiger partial charge in [-0.2, -0.15) is 0 Å². The van der Waals surface area contributed by atoms with Crippen LogP contribution < -0.4 is 0 Å². The fraction of sp³-hybridized carbons (Fsp3) is 0.625. The van der Waals surface area contributed by atoms with Crippen LogP contribution in [0.4, 0.5) is 0 Å². The second-order valence-corrected chi connectivity index (χ2v) is 7.19. The number of hydrogen-bond donors (Lipinski definition) is 1. The molecule has 1 aromatic rings. The number of phenols is 1. The van der Waals surface area contributed by atoms with Crippen LogP contribution in [0, 0.1) is 0 Å². The molecule has 0 heterocycles. The van der Waals surface area contributed by atoms with Crippen LogP contribution in [-0.4, -0.2) is 49.1 Å². The minimum absolute atomic E-state index is 0.119. The van der Waals surface area contributed by atoms with Gasteiger partial charge < -0.3 is 14.9 Å². The number of rotatable bonds is 5. The lowest BCUT2D eigenvalue weighted by Crippen LogP contribution is -2.28. The Morgan fingerprint density at radius 1 is 1.10 bits per heavy atom. The smallest absolute Gasteiger partial charge is 0.123 e. The van der Waals surface area contributed by atoms with E-state index in [4.69, 9.17) is 11.6 Å². The Kier molecular flexibility index (Phi) is 5.87. The van der Waals surface area contributed by atoms with E-state index < -0.39 is 0 Å². The number of halogens is 1. The molecule has 0 saturated heterocycles. The predicted octanol–water partition coefficient (Wildman–Crippen LogP) is 3.34. The first-order valence-corrected chi connectivity index (χ1v) is 7.34. The minimum atomic E-state index is -0.119. The summed E-state index contributed by atoms with van der Waals surface area (Å²) in [5.41, 5.74) is 1.68. The summed E-state index contributed by atoms with van der Waals surface area (Å²) >= 11 is 6.20. The van der Waals surface area contributed by atoms with Crippen molar-refractivity contribution < 1.29 is 5.11 Å². The van der Waals surface area contributed by atoms with E-state index in [9.17, 15) is 5.11 Å². The zero-order chi connectivity index (χ0) is 15.5. The molecule has 0 atom stereocenters. The molecule has 4 heteroatoms. The molecule has 3 nitrogen and oxygen atoms in total. The first-order valence-electron chi connectivity index (χ1n) is 6.96. The third kappa shape index (κ3) is 4.97. The Morgan fingerprint density at radius 2 is 1.70 bits per heavy atom. The Bertz CT molecular complexity index is 453. The van der Waals surface area contributed by atoms with Crippen molar-refractivity contribution in [3.05, 3.63) is 28.3 Å². The Balaban J connectivity index is 2.93. The summed E-state index contributed by atoms with van der Waals surface area (Å²) < 4.78 is 0. The summed E-state index contributed by atoms with van der Waals surface area (Å²) in [7, 11) is 6.17. The van der Waals surface area contributed by atoms with E-state index in [1.807, 2.05) is 12.1 Å². The minimum Gasteiger partial charge on any atom is -0.507 e. The van der Waals surface area contributed by atoms with Gasteiger partial charge in [0.05, 0.1) is 0 Å². The van der Waals surface area contributed by atoms with Crippen molar-refractivity contribution in [3.8, 4) is 5.75 Å². The van der Waals surface area contributed by atoms with Gasteiger partial charge >= 0.3 is 0 Å². The molecule has 20 heavy (non-hydrogen) atoms. The summed E-state index contributed by atoms with van der Waals surface area (Å²) in [5.74, 6) is 0.374. The molecule has 0 aromatic heterocycles. The van der Waals surface area contributed by atoms with E-state index in [2.05, 4.69) is 51.7 Å². The largest absolute Gasteiger partial charge is 0.507 e. The highest BCUT2D eigenvalue weighted by Gasteiger charge is 2.21. The van der Waals surface area contributed by atoms with Gasteiger partial charge in [0.2, 0.25) is 0 Å². The van der Waals surface area contributed by atoms with Crippen molar-refractivity contribution >= 4 is 11.6 Å². The van der Waals surface area contributed by atoms with Gasteiger partial charge in [-0.3, -0.25) is 0 Å². The van der Waals surface area contributed by atoms with E-state index in [1.165, 1.54) is 0 Å². The van der Waals surface area contributed by atoms with Gasteiger partial charge in [-0.05, 0) is 38.7 Å². The molecule has 1 aromatic carbocycles. The highest BCUT2D eigenvalue weighted by atomic mass is 35.5. The monoisotopic (exact) mass is 298 g/mol. The zero-order valence-electron chi connectivity index (χ0n) is 13.5. The average molecular weight is 299 g/mol. The van der Waals surface area contributed by atoms with Crippen LogP contribution in [0.2, 0.25) is 5.02 Å². The number of nitrogens with zero attached hydrogens (tertiary/aromatic N) is 2. The summed E-state index contributed by atoms with van der Waals surface area (Å²) in [4.78, 5) is 4.34. The maximum atomic E-state index is 10.5. The fourth-order valence-corrected chi connectivity index (χ4v) is 2.33.